The monoisotopic (exact) mass is 185 g/mol. The lowest BCUT2D eigenvalue weighted by atomic mass is 10.1. The summed E-state index contributed by atoms with van der Waals surface area (Å²) in [6.45, 7) is 2.24. The van der Waals surface area contributed by atoms with Crippen molar-refractivity contribution < 1.29 is 8.78 Å². The van der Waals surface area contributed by atoms with E-state index in [2.05, 4.69) is 0 Å². The van der Waals surface area contributed by atoms with Crippen molar-refractivity contribution in [1.29, 1.82) is 0 Å². The van der Waals surface area contributed by atoms with Gasteiger partial charge in [-0.05, 0) is 36.6 Å². The third kappa shape index (κ3) is 2.25. The molecule has 1 aromatic carbocycles. The van der Waals surface area contributed by atoms with Crippen molar-refractivity contribution in [2.24, 2.45) is 5.73 Å². The molecule has 2 N–H and O–H groups in total. The number of nitrogens with two attached hydrogens (primary N) is 1. The Labute approximate surface area is 76.6 Å². The van der Waals surface area contributed by atoms with Gasteiger partial charge in [-0.1, -0.05) is 13.0 Å². The summed E-state index contributed by atoms with van der Waals surface area (Å²) in [5, 5.41) is 0. The van der Waals surface area contributed by atoms with Gasteiger partial charge in [0.15, 0.2) is 11.6 Å². The summed E-state index contributed by atoms with van der Waals surface area (Å²) in [6, 6.07) is 2.90. The van der Waals surface area contributed by atoms with E-state index in [1.807, 2.05) is 6.92 Å². The predicted octanol–water partition coefficient (Wildman–Crippen LogP) is 2.03. The van der Waals surface area contributed by atoms with Crippen LogP contribution in [-0.2, 0) is 12.8 Å². The van der Waals surface area contributed by atoms with Crippen molar-refractivity contribution in [1.82, 2.24) is 0 Å². The van der Waals surface area contributed by atoms with E-state index in [1.165, 1.54) is 6.07 Å². The van der Waals surface area contributed by atoms with Crippen LogP contribution in [0, 0.1) is 11.6 Å². The summed E-state index contributed by atoms with van der Waals surface area (Å²) in [4.78, 5) is 0. The van der Waals surface area contributed by atoms with Gasteiger partial charge in [-0.3, -0.25) is 0 Å². The minimum atomic E-state index is -0.775. The number of halogens is 2. The minimum Gasteiger partial charge on any atom is -0.330 e. The highest BCUT2D eigenvalue weighted by molar-refractivity contribution is 5.26. The molecular weight excluding hydrogens is 172 g/mol. The summed E-state index contributed by atoms with van der Waals surface area (Å²) in [5.74, 6) is -1.54. The van der Waals surface area contributed by atoms with E-state index >= 15 is 0 Å². The van der Waals surface area contributed by atoms with Crippen LogP contribution in [0.2, 0.25) is 0 Å². The van der Waals surface area contributed by atoms with Gasteiger partial charge in [0.25, 0.3) is 0 Å². The third-order valence-corrected chi connectivity index (χ3v) is 1.99. The van der Waals surface area contributed by atoms with Crippen LogP contribution in [0.5, 0.6) is 0 Å². The van der Waals surface area contributed by atoms with Gasteiger partial charge in [0.2, 0.25) is 0 Å². The van der Waals surface area contributed by atoms with Crippen LogP contribution in [0.15, 0.2) is 12.1 Å². The lowest BCUT2D eigenvalue weighted by Gasteiger charge is -2.05. The van der Waals surface area contributed by atoms with Gasteiger partial charge < -0.3 is 5.73 Å². The largest absolute Gasteiger partial charge is 0.330 e. The molecule has 0 aliphatic rings. The molecule has 13 heavy (non-hydrogen) atoms. The zero-order chi connectivity index (χ0) is 9.84. The van der Waals surface area contributed by atoms with Gasteiger partial charge in [-0.15, -0.1) is 0 Å². The average Bonchev–Trinajstić information content (AvgIpc) is 2.13. The molecular formula is C10H13F2N. The smallest absolute Gasteiger partial charge is 0.162 e. The fourth-order valence-electron chi connectivity index (χ4n) is 1.25. The van der Waals surface area contributed by atoms with Crippen LogP contribution in [0.4, 0.5) is 8.78 Å². The van der Waals surface area contributed by atoms with Crippen molar-refractivity contribution >= 4 is 0 Å². The van der Waals surface area contributed by atoms with Gasteiger partial charge in [0, 0.05) is 0 Å². The lowest BCUT2D eigenvalue weighted by Crippen LogP contribution is -2.06. The first-order valence-corrected chi connectivity index (χ1v) is 4.36. The van der Waals surface area contributed by atoms with Gasteiger partial charge in [0.05, 0.1) is 0 Å². The average molecular weight is 185 g/mol. The molecule has 1 nitrogen and oxygen atoms in total. The van der Waals surface area contributed by atoms with E-state index in [0.717, 1.165) is 5.56 Å². The van der Waals surface area contributed by atoms with Crippen LogP contribution in [-0.4, -0.2) is 6.54 Å². The molecule has 3 heteroatoms. The Morgan fingerprint density at radius 3 is 2.54 bits per heavy atom. The maximum absolute atomic E-state index is 13.1. The summed E-state index contributed by atoms with van der Waals surface area (Å²) >= 11 is 0. The molecule has 1 aromatic rings. The van der Waals surface area contributed by atoms with Crippen LogP contribution >= 0.6 is 0 Å². The molecule has 0 radical (unpaired) electrons. The molecule has 0 aliphatic carbocycles. The maximum Gasteiger partial charge on any atom is 0.162 e. The Hall–Kier alpha value is -0.960. The van der Waals surface area contributed by atoms with E-state index in [9.17, 15) is 8.78 Å². The van der Waals surface area contributed by atoms with Gasteiger partial charge >= 0.3 is 0 Å². The number of benzene rings is 1. The van der Waals surface area contributed by atoms with Crippen LogP contribution in [0.1, 0.15) is 18.1 Å². The molecule has 0 fully saturated rings. The minimum absolute atomic E-state index is 0.337. The molecule has 0 saturated heterocycles. The molecule has 0 heterocycles. The number of hydrogen-bond acceptors (Lipinski definition) is 1. The van der Waals surface area contributed by atoms with E-state index in [0.29, 0.717) is 24.9 Å². The molecule has 0 saturated carbocycles. The molecule has 0 amide bonds. The number of hydrogen-bond donors (Lipinski definition) is 1. The van der Waals surface area contributed by atoms with Gasteiger partial charge in [-0.2, -0.15) is 0 Å². The zero-order valence-corrected chi connectivity index (χ0v) is 7.61. The molecule has 0 aliphatic heterocycles. The summed E-state index contributed by atoms with van der Waals surface area (Å²) in [5.41, 5.74) is 6.46. The molecule has 0 atom stereocenters. The number of rotatable bonds is 3. The second-order valence-electron chi connectivity index (χ2n) is 2.94. The van der Waals surface area contributed by atoms with E-state index in [4.69, 9.17) is 5.73 Å². The SMILES string of the molecule is CCc1cc(F)c(F)c(CCN)c1. The Morgan fingerprint density at radius 2 is 2.00 bits per heavy atom. The molecule has 0 aromatic heterocycles. The van der Waals surface area contributed by atoms with Gasteiger partial charge in [0.1, 0.15) is 0 Å². The second kappa shape index (κ2) is 4.33. The highest BCUT2D eigenvalue weighted by atomic mass is 19.2. The summed E-state index contributed by atoms with van der Waals surface area (Å²) in [7, 11) is 0. The van der Waals surface area contributed by atoms with Crippen molar-refractivity contribution in [3.8, 4) is 0 Å². The van der Waals surface area contributed by atoms with E-state index < -0.39 is 11.6 Å². The van der Waals surface area contributed by atoms with Crippen molar-refractivity contribution in [3.05, 3.63) is 34.9 Å². The van der Waals surface area contributed by atoms with Crippen molar-refractivity contribution in [2.45, 2.75) is 19.8 Å². The fourth-order valence-corrected chi connectivity index (χ4v) is 1.25. The van der Waals surface area contributed by atoms with E-state index in [-0.39, 0.29) is 0 Å². The lowest BCUT2D eigenvalue weighted by molar-refractivity contribution is 0.497. The quantitative estimate of drug-likeness (QED) is 0.766. The Kier molecular flexibility index (Phi) is 3.37. The topological polar surface area (TPSA) is 26.0 Å². The predicted molar refractivity (Wildman–Crippen MR) is 48.5 cm³/mol. The normalized spacial score (nSPS) is 10.5. The first-order valence-electron chi connectivity index (χ1n) is 4.36. The third-order valence-electron chi connectivity index (χ3n) is 1.99. The molecule has 1 rings (SSSR count). The highest BCUT2D eigenvalue weighted by Gasteiger charge is 2.08. The Morgan fingerprint density at radius 1 is 1.31 bits per heavy atom. The van der Waals surface area contributed by atoms with Crippen LogP contribution < -0.4 is 5.73 Å². The summed E-state index contributed by atoms with van der Waals surface area (Å²) in [6.07, 6.45) is 1.09. The Bertz CT molecular complexity index is 297. The number of aryl methyl sites for hydroxylation is 1. The van der Waals surface area contributed by atoms with Crippen molar-refractivity contribution in [3.63, 3.8) is 0 Å². The second-order valence-corrected chi connectivity index (χ2v) is 2.94. The van der Waals surface area contributed by atoms with Crippen LogP contribution in [0.25, 0.3) is 0 Å². The first kappa shape index (κ1) is 10.1. The van der Waals surface area contributed by atoms with Crippen LogP contribution in [0.3, 0.4) is 0 Å². The molecule has 0 unspecified atom stereocenters. The zero-order valence-electron chi connectivity index (χ0n) is 7.61. The standard InChI is InChI=1S/C10H13F2N/c1-2-7-5-8(3-4-13)10(12)9(11)6-7/h5-6H,2-4,13H2,1H3. The molecule has 0 spiro atoms. The summed E-state index contributed by atoms with van der Waals surface area (Å²) < 4.78 is 26.0. The first-order chi connectivity index (χ1) is 6.19. The van der Waals surface area contributed by atoms with Gasteiger partial charge in [-0.25, -0.2) is 8.78 Å². The maximum atomic E-state index is 13.1. The molecule has 72 valence electrons. The molecule has 0 bridgehead atoms. The Balaban J connectivity index is 3.09. The highest BCUT2D eigenvalue weighted by Crippen LogP contribution is 2.15. The fraction of sp³-hybridized carbons (Fsp3) is 0.400. The van der Waals surface area contributed by atoms with E-state index in [1.54, 1.807) is 6.07 Å². The van der Waals surface area contributed by atoms with Crippen molar-refractivity contribution in [2.75, 3.05) is 6.54 Å².